The van der Waals surface area contributed by atoms with E-state index in [2.05, 4.69) is 5.32 Å². The number of benzene rings is 1. The first-order valence-electron chi connectivity index (χ1n) is 5.69. The summed E-state index contributed by atoms with van der Waals surface area (Å²) in [5.74, 6) is 0.187. The van der Waals surface area contributed by atoms with Gasteiger partial charge in [0.1, 0.15) is 17.1 Å². The van der Waals surface area contributed by atoms with Crippen LogP contribution in [-0.4, -0.2) is 10.9 Å². The van der Waals surface area contributed by atoms with Gasteiger partial charge in [0.25, 0.3) is 0 Å². The van der Waals surface area contributed by atoms with Gasteiger partial charge >= 0.3 is 5.63 Å². The number of ketones is 1. The van der Waals surface area contributed by atoms with E-state index in [0.717, 1.165) is 0 Å². The molecule has 0 aliphatic carbocycles. The van der Waals surface area contributed by atoms with Crippen LogP contribution in [0.3, 0.4) is 0 Å². The van der Waals surface area contributed by atoms with E-state index in [0.29, 0.717) is 17.1 Å². The van der Waals surface area contributed by atoms with E-state index >= 15 is 0 Å². The summed E-state index contributed by atoms with van der Waals surface area (Å²) in [6.07, 6.45) is 0. The summed E-state index contributed by atoms with van der Waals surface area (Å²) in [5.41, 5.74) is 0.379. The van der Waals surface area contributed by atoms with Gasteiger partial charge in [-0.05, 0) is 38.1 Å². The molecule has 2 rings (SSSR count). The molecule has 0 radical (unpaired) electrons. The highest BCUT2D eigenvalue weighted by Crippen LogP contribution is 2.22. The largest absolute Gasteiger partial charge is 0.508 e. The summed E-state index contributed by atoms with van der Waals surface area (Å²) in [7, 11) is 0. The second-order valence-electron chi connectivity index (χ2n) is 4.16. The van der Waals surface area contributed by atoms with Crippen molar-refractivity contribution in [1.29, 1.82) is 0 Å². The molecule has 1 aromatic carbocycles. The Morgan fingerprint density at radius 1 is 1.26 bits per heavy atom. The number of Topliss-reactive ketones (excluding diaryl/α,β-unsaturated/α-hetero) is 1. The molecule has 0 spiro atoms. The van der Waals surface area contributed by atoms with Crippen LogP contribution in [0, 0.1) is 6.92 Å². The summed E-state index contributed by atoms with van der Waals surface area (Å²) in [6, 6.07) is 7.89. The van der Waals surface area contributed by atoms with Crippen molar-refractivity contribution in [2.24, 2.45) is 0 Å². The molecule has 5 heteroatoms. The van der Waals surface area contributed by atoms with Gasteiger partial charge in [-0.2, -0.15) is 0 Å². The van der Waals surface area contributed by atoms with E-state index < -0.39 is 5.63 Å². The van der Waals surface area contributed by atoms with E-state index in [1.165, 1.54) is 19.1 Å². The molecule has 0 aliphatic rings. The van der Waals surface area contributed by atoms with Crippen LogP contribution in [0.5, 0.6) is 5.75 Å². The van der Waals surface area contributed by atoms with Gasteiger partial charge in [-0.1, -0.05) is 0 Å². The number of anilines is 2. The van der Waals surface area contributed by atoms with E-state index in [1.807, 2.05) is 0 Å². The number of nitrogens with one attached hydrogen (secondary N) is 1. The van der Waals surface area contributed by atoms with Crippen LogP contribution in [0.15, 0.2) is 39.5 Å². The van der Waals surface area contributed by atoms with Crippen LogP contribution in [-0.2, 0) is 0 Å². The highest BCUT2D eigenvalue weighted by molar-refractivity contribution is 5.99. The van der Waals surface area contributed by atoms with E-state index in [4.69, 9.17) is 4.42 Å². The first-order valence-corrected chi connectivity index (χ1v) is 5.69. The van der Waals surface area contributed by atoms with Crippen molar-refractivity contribution in [3.8, 4) is 5.75 Å². The predicted octanol–water partition coefficient (Wildman–Crippen LogP) is 2.60. The van der Waals surface area contributed by atoms with Gasteiger partial charge in [0.05, 0.1) is 5.69 Å². The molecular weight excluding hydrogens is 246 g/mol. The number of phenolic OH excluding ortho intramolecular Hbond substituents is 1. The summed E-state index contributed by atoms with van der Waals surface area (Å²) >= 11 is 0. The normalized spacial score (nSPS) is 10.2. The van der Waals surface area contributed by atoms with Crippen molar-refractivity contribution in [1.82, 2.24) is 0 Å². The third kappa shape index (κ3) is 2.82. The van der Waals surface area contributed by atoms with Gasteiger partial charge in [-0.25, -0.2) is 4.79 Å². The van der Waals surface area contributed by atoms with Crippen LogP contribution in [0.2, 0.25) is 0 Å². The third-order valence-corrected chi connectivity index (χ3v) is 2.57. The second-order valence-corrected chi connectivity index (χ2v) is 4.16. The van der Waals surface area contributed by atoms with Gasteiger partial charge in [0, 0.05) is 11.8 Å². The number of aromatic hydroxyl groups is 1. The maximum atomic E-state index is 11.7. The molecule has 0 atom stereocenters. The predicted molar refractivity (Wildman–Crippen MR) is 71.1 cm³/mol. The minimum atomic E-state index is -0.659. The van der Waals surface area contributed by atoms with Crippen molar-refractivity contribution in [2.45, 2.75) is 13.8 Å². The fourth-order valence-electron chi connectivity index (χ4n) is 1.74. The molecule has 2 N–H and O–H groups in total. The fraction of sp³-hybridized carbons (Fsp3) is 0.143. The number of phenols is 1. The quantitative estimate of drug-likeness (QED) is 0.654. The van der Waals surface area contributed by atoms with Crippen molar-refractivity contribution < 1.29 is 14.3 Å². The minimum Gasteiger partial charge on any atom is -0.508 e. The zero-order valence-corrected chi connectivity index (χ0v) is 10.6. The van der Waals surface area contributed by atoms with Crippen molar-refractivity contribution in [3.63, 3.8) is 0 Å². The minimum absolute atomic E-state index is 0.0151. The van der Waals surface area contributed by atoms with Crippen LogP contribution >= 0.6 is 0 Å². The lowest BCUT2D eigenvalue weighted by Crippen LogP contribution is -2.15. The standard InChI is InChI=1S/C14H13NO4/c1-8-7-12(13(9(2)16)14(18)19-8)15-10-3-5-11(17)6-4-10/h3-7,15,17H,1-2H3. The van der Waals surface area contributed by atoms with Crippen LogP contribution < -0.4 is 10.9 Å². The summed E-state index contributed by atoms with van der Waals surface area (Å²) < 4.78 is 4.91. The zero-order chi connectivity index (χ0) is 14.0. The van der Waals surface area contributed by atoms with Gasteiger partial charge in [0.15, 0.2) is 5.78 Å². The number of rotatable bonds is 3. The number of hydrogen-bond donors (Lipinski definition) is 2. The highest BCUT2D eigenvalue weighted by Gasteiger charge is 2.15. The summed E-state index contributed by atoms with van der Waals surface area (Å²) in [6.45, 7) is 2.94. The van der Waals surface area contributed by atoms with Crippen LogP contribution in [0.4, 0.5) is 11.4 Å². The second kappa shape index (κ2) is 4.97. The molecule has 0 amide bonds. The number of hydrogen-bond acceptors (Lipinski definition) is 5. The van der Waals surface area contributed by atoms with E-state index in [1.54, 1.807) is 25.1 Å². The fourth-order valence-corrected chi connectivity index (χ4v) is 1.74. The Hall–Kier alpha value is -2.56. The Labute approximate surface area is 109 Å². The first-order chi connectivity index (χ1) is 8.97. The molecule has 0 unspecified atom stereocenters. The number of carbonyl (C=O) groups is 1. The lowest BCUT2D eigenvalue weighted by Gasteiger charge is -2.10. The highest BCUT2D eigenvalue weighted by atomic mass is 16.4. The Bertz CT molecular complexity index is 671. The van der Waals surface area contributed by atoms with Gasteiger partial charge in [0.2, 0.25) is 0 Å². The Kier molecular flexibility index (Phi) is 3.37. The molecule has 1 aromatic heterocycles. The molecule has 0 aliphatic heterocycles. The average molecular weight is 259 g/mol. The van der Waals surface area contributed by atoms with Gasteiger partial charge in [-0.15, -0.1) is 0 Å². The van der Waals surface area contributed by atoms with Crippen LogP contribution in [0.25, 0.3) is 0 Å². The van der Waals surface area contributed by atoms with Gasteiger partial charge in [-0.3, -0.25) is 4.79 Å². The molecular formula is C14H13NO4. The van der Waals surface area contributed by atoms with E-state index in [-0.39, 0.29) is 17.1 Å². The maximum Gasteiger partial charge on any atom is 0.348 e. The monoisotopic (exact) mass is 259 g/mol. The molecule has 0 bridgehead atoms. The molecule has 0 fully saturated rings. The molecule has 5 nitrogen and oxygen atoms in total. The van der Waals surface area contributed by atoms with Gasteiger partial charge < -0.3 is 14.8 Å². The maximum absolute atomic E-state index is 11.7. The molecule has 2 aromatic rings. The Balaban J connectivity index is 2.47. The number of aryl methyl sites for hydroxylation is 1. The lowest BCUT2D eigenvalue weighted by atomic mass is 10.1. The average Bonchev–Trinajstić information content (AvgIpc) is 2.30. The Morgan fingerprint density at radius 3 is 2.47 bits per heavy atom. The third-order valence-electron chi connectivity index (χ3n) is 2.57. The molecule has 19 heavy (non-hydrogen) atoms. The van der Waals surface area contributed by atoms with Crippen molar-refractivity contribution >= 4 is 17.2 Å². The molecule has 98 valence electrons. The smallest absolute Gasteiger partial charge is 0.348 e. The molecule has 1 heterocycles. The lowest BCUT2D eigenvalue weighted by molar-refractivity contribution is 0.101. The SMILES string of the molecule is CC(=O)c1c(Nc2ccc(O)cc2)cc(C)oc1=O. The zero-order valence-electron chi connectivity index (χ0n) is 10.6. The summed E-state index contributed by atoms with van der Waals surface area (Å²) in [4.78, 5) is 23.2. The van der Waals surface area contributed by atoms with Crippen molar-refractivity contribution in [2.75, 3.05) is 5.32 Å². The van der Waals surface area contributed by atoms with E-state index in [9.17, 15) is 14.7 Å². The number of carbonyl (C=O) groups excluding carboxylic acids is 1. The van der Waals surface area contributed by atoms with Crippen molar-refractivity contribution in [3.05, 3.63) is 52.1 Å². The summed E-state index contributed by atoms with van der Waals surface area (Å²) in [5, 5.41) is 12.2. The first kappa shape index (κ1) is 12.9. The molecule has 0 saturated carbocycles. The van der Waals surface area contributed by atoms with Crippen LogP contribution in [0.1, 0.15) is 23.0 Å². The Morgan fingerprint density at radius 2 is 1.89 bits per heavy atom. The molecule has 0 saturated heterocycles. The topological polar surface area (TPSA) is 79.5 Å².